The molecule has 2 N–H and O–H groups in total. The first-order valence-corrected chi connectivity index (χ1v) is 8.69. The van der Waals surface area contributed by atoms with Gasteiger partial charge in [-0.1, -0.05) is 19.0 Å². The molecule has 0 spiro atoms. The van der Waals surface area contributed by atoms with Crippen molar-refractivity contribution in [2.75, 3.05) is 13.2 Å². The SMILES string of the molecule is CCCOc1ccc(-c2nc(C3(N)CCC3)no2)cc1OCCC. The van der Waals surface area contributed by atoms with Crippen LogP contribution in [0.25, 0.3) is 11.5 Å². The quantitative estimate of drug-likeness (QED) is 0.795. The molecule has 0 unspecified atom stereocenters. The Morgan fingerprint density at radius 1 is 1.12 bits per heavy atom. The monoisotopic (exact) mass is 331 g/mol. The maximum atomic E-state index is 6.26. The summed E-state index contributed by atoms with van der Waals surface area (Å²) in [5, 5.41) is 4.07. The van der Waals surface area contributed by atoms with Crippen molar-refractivity contribution in [2.45, 2.75) is 51.5 Å². The van der Waals surface area contributed by atoms with E-state index in [0.29, 0.717) is 30.7 Å². The molecule has 0 atom stereocenters. The minimum atomic E-state index is -0.423. The zero-order chi connectivity index (χ0) is 17.0. The molecule has 1 fully saturated rings. The van der Waals surface area contributed by atoms with Crippen molar-refractivity contribution in [1.29, 1.82) is 0 Å². The normalized spacial score (nSPS) is 15.8. The van der Waals surface area contributed by atoms with E-state index in [1.54, 1.807) is 0 Å². The van der Waals surface area contributed by atoms with E-state index in [4.69, 9.17) is 19.7 Å². The van der Waals surface area contributed by atoms with E-state index in [2.05, 4.69) is 24.0 Å². The number of nitrogens with two attached hydrogens (primary N) is 1. The molecule has 0 bridgehead atoms. The molecule has 130 valence electrons. The van der Waals surface area contributed by atoms with Crippen molar-refractivity contribution in [2.24, 2.45) is 5.73 Å². The summed E-state index contributed by atoms with van der Waals surface area (Å²) in [6.45, 7) is 5.43. The lowest BCUT2D eigenvalue weighted by Gasteiger charge is -2.34. The highest BCUT2D eigenvalue weighted by atomic mass is 16.5. The number of ether oxygens (including phenoxy) is 2. The van der Waals surface area contributed by atoms with Crippen LogP contribution in [-0.2, 0) is 5.54 Å². The maximum absolute atomic E-state index is 6.26. The number of aromatic nitrogens is 2. The van der Waals surface area contributed by atoms with Gasteiger partial charge in [-0.3, -0.25) is 0 Å². The second-order valence-corrected chi connectivity index (χ2v) is 6.29. The lowest BCUT2D eigenvalue weighted by atomic mass is 9.77. The Morgan fingerprint density at radius 2 is 1.83 bits per heavy atom. The molecule has 3 rings (SSSR count). The van der Waals surface area contributed by atoms with Gasteiger partial charge >= 0.3 is 0 Å². The van der Waals surface area contributed by atoms with Gasteiger partial charge in [0.05, 0.1) is 18.8 Å². The topological polar surface area (TPSA) is 83.4 Å². The van der Waals surface area contributed by atoms with Crippen molar-refractivity contribution < 1.29 is 14.0 Å². The number of rotatable bonds is 8. The van der Waals surface area contributed by atoms with Gasteiger partial charge in [0.2, 0.25) is 0 Å². The molecule has 1 heterocycles. The van der Waals surface area contributed by atoms with Crippen molar-refractivity contribution in [3.8, 4) is 23.0 Å². The van der Waals surface area contributed by atoms with Crippen LogP contribution in [0.15, 0.2) is 22.7 Å². The van der Waals surface area contributed by atoms with E-state index in [9.17, 15) is 0 Å². The summed E-state index contributed by atoms with van der Waals surface area (Å²) in [5.74, 6) is 2.49. The van der Waals surface area contributed by atoms with Gasteiger partial charge in [0.1, 0.15) is 0 Å². The molecule has 2 aromatic rings. The number of nitrogens with zero attached hydrogens (tertiary/aromatic N) is 2. The van der Waals surface area contributed by atoms with E-state index >= 15 is 0 Å². The summed E-state index contributed by atoms with van der Waals surface area (Å²) >= 11 is 0. The van der Waals surface area contributed by atoms with E-state index in [-0.39, 0.29) is 0 Å². The predicted octanol–water partition coefficient (Wildman–Crippen LogP) is 3.65. The van der Waals surface area contributed by atoms with E-state index in [0.717, 1.165) is 43.4 Å². The third-order valence-electron chi connectivity index (χ3n) is 4.23. The Morgan fingerprint density at radius 3 is 2.46 bits per heavy atom. The molecule has 0 amide bonds. The van der Waals surface area contributed by atoms with Gasteiger partial charge in [0.15, 0.2) is 17.3 Å². The molecule has 1 aliphatic rings. The smallest absolute Gasteiger partial charge is 0.258 e. The Hall–Kier alpha value is -2.08. The third-order valence-corrected chi connectivity index (χ3v) is 4.23. The molecule has 1 aromatic carbocycles. The fourth-order valence-corrected chi connectivity index (χ4v) is 2.62. The second-order valence-electron chi connectivity index (χ2n) is 6.29. The van der Waals surface area contributed by atoms with E-state index in [1.807, 2.05) is 18.2 Å². The first kappa shape index (κ1) is 16.8. The van der Waals surface area contributed by atoms with Crippen LogP contribution in [0.1, 0.15) is 51.8 Å². The summed E-state index contributed by atoms with van der Waals surface area (Å²) in [5.41, 5.74) is 6.65. The van der Waals surface area contributed by atoms with E-state index in [1.165, 1.54) is 0 Å². The van der Waals surface area contributed by atoms with Gasteiger partial charge < -0.3 is 19.7 Å². The Labute approximate surface area is 142 Å². The molecule has 1 saturated carbocycles. The summed E-state index contributed by atoms with van der Waals surface area (Å²) in [4.78, 5) is 4.49. The zero-order valence-corrected chi connectivity index (χ0v) is 14.4. The van der Waals surface area contributed by atoms with Gasteiger partial charge in [-0.05, 0) is 50.3 Å². The molecule has 6 heteroatoms. The van der Waals surface area contributed by atoms with Crippen LogP contribution in [0.5, 0.6) is 11.5 Å². The zero-order valence-electron chi connectivity index (χ0n) is 14.4. The molecular weight excluding hydrogens is 306 g/mol. The molecule has 0 radical (unpaired) electrons. The first-order chi connectivity index (χ1) is 11.7. The largest absolute Gasteiger partial charge is 0.490 e. The highest BCUT2D eigenvalue weighted by Gasteiger charge is 2.39. The number of benzene rings is 1. The van der Waals surface area contributed by atoms with Crippen LogP contribution in [-0.4, -0.2) is 23.4 Å². The second kappa shape index (κ2) is 7.21. The number of hydrogen-bond donors (Lipinski definition) is 1. The van der Waals surface area contributed by atoms with Crippen LogP contribution in [0, 0.1) is 0 Å². The fourth-order valence-electron chi connectivity index (χ4n) is 2.62. The van der Waals surface area contributed by atoms with Crippen molar-refractivity contribution >= 4 is 0 Å². The highest BCUT2D eigenvalue weighted by molar-refractivity contribution is 5.59. The highest BCUT2D eigenvalue weighted by Crippen LogP contribution is 2.38. The average Bonchev–Trinajstić information content (AvgIpc) is 3.06. The van der Waals surface area contributed by atoms with Gasteiger partial charge in [-0.2, -0.15) is 4.98 Å². The lowest BCUT2D eigenvalue weighted by molar-refractivity contribution is 0.229. The Kier molecular flexibility index (Phi) is 5.04. The van der Waals surface area contributed by atoms with Gasteiger partial charge in [0.25, 0.3) is 5.89 Å². The number of hydrogen-bond acceptors (Lipinski definition) is 6. The molecule has 1 aromatic heterocycles. The summed E-state index contributed by atoms with van der Waals surface area (Å²) < 4.78 is 17.0. The molecular formula is C18H25N3O3. The summed E-state index contributed by atoms with van der Waals surface area (Å²) in [6, 6.07) is 5.69. The van der Waals surface area contributed by atoms with E-state index < -0.39 is 5.54 Å². The van der Waals surface area contributed by atoms with Crippen LogP contribution in [0.2, 0.25) is 0 Å². The molecule has 0 aliphatic heterocycles. The van der Waals surface area contributed by atoms with Crippen LogP contribution in [0.3, 0.4) is 0 Å². The first-order valence-electron chi connectivity index (χ1n) is 8.69. The van der Waals surface area contributed by atoms with Gasteiger partial charge in [-0.15, -0.1) is 0 Å². The minimum Gasteiger partial charge on any atom is -0.490 e. The minimum absolute atomic E-state index is 0.423. The summed E-state index contributed by atoms with van der Waals surface area (Å²) in [7, 11) is 0. The Bertz CT molecular complexity index is 680. The Balaban J connectivity index is 1.84. The predicted molar refractivity (Wildman–Crippen MR) is 91.0 cm³/mol. The molecule has 6 nitrogen and oxygen atoms in total. The van der Waals surface area contributed by atoms with Crippen molar-refractivity contribution in [3.63, 3.8) is 0 Å². The van der Waals surface area contributed by atoms with Crippen molar-refractivity contribution in [3.05, 3.63) is 24.0 Å². The maximum Gasteiger partial charge on any atom is 0.258 e. The van der Waals surface area contributed by atoms with Crippen LogP contribution >= 0.6 is 0 Å². The molecule has 1 aliphatic carbocycles. The fraction of sp³-hybridized carbons (Fsp3) is 0.556. The average molecular weight is 331 g/mol. The van der Waals surface area contributed by atoms with Crippen LogP contribution < -0.4 is 15.2 Å². The van der Waals surface area contributed by atoms with Crippen molar-refractivity contribution in [1.82, 2.24) is 10.1 Å². The third kappa shape index (κ3) is 3.38. The lowest BCUT2D eigenvalue weighted by Crippen LogP contribution is -2.44. The standard InChI is InChI=1S/C18H25N3O3/c1-3-10-22-14-7-6-13(12-15(14)23-11-4-2)16-20-17(21-24-16)18(19)8-5-9-18/h6-7,12H,3-5,8-11,19H2,1-2H3. The summed E-state index contributed by atoms with van der Waals surface area (Å²) in [6.07, 6.45) is 4.79. The van der Waals surface area contributed by atoms with Crippen LogP contribution in [0.4, 0.5) is 0 Å². The van der Waals surface area contributed by atoms with Gasteiger partial charge in [0, 0.05) is 5.56 Å². The van der Waals surface area contributed by atoms with Gasteiger partial charge in [-0.25, -0.2) is 0 Å². The molecule has 0 saturated heterocycles. The molecule has 24 heavy (non-hydrogen) atoms.